The molecular weight excluding hydrogens is 659 g/mol. The Morgan fingerprint density at radius 3 is 1.58 bits per heavy atom. The van der Waals surface area contributed by atoms with Crippen LogP contribution in [0.15, 0.2) is 176 Å². The van der Waals surface area contributed by atoms with Crippen molar-refractivity contribution in [1.29, 1.82) is 0 Å². The SMILES string of the molecule is C[Si]1(C)c2cc(-c3nc(-c4ccccc4-c4ccccc4)nc(-c4ccc(-c5ccccc5)c5ccccc45)n3)ccc2-c2ccc3ccccc3c21. The van der Waals surface area contributed by atoms with Gasteiger partial charge in [-0.1, -0.05) is 183 Å². The summed E-state index contributed by atoms with van der Waals surface area (Å²) in [7, 11) is -2.06. The van der Waals surface area contributed by atoms with Crippen molar-refractivity contribution in [1.82, 2.24) is 15.0 Å². The molecule has 8 aromatic carbocycles. The molecule has 1 aliphatic rings. The second-order valence-electron chi connectivity index (χ2n) is 14.4. The Kier molecular flexibility index (Phi) is 7.27. The van der Waals surface area contributed by atoms with Gasteiger partial charge in [-0.15, -0.1) is 0 Å². The van der Waals surface area contributed by atoms with Crippen LogP contribution >= 0.6 is 0 Å². The molecule has 0 radical (unpaired) electrons. The van der Waals surface area contributed by atoms with Crippen LogP contribution in [0.4, 0.5) is 0 Å². The van der Waals surface area contributed by atoms with Gasteiger partial charge < -0.3 is 0 Å². The van der Waals surface area contributed by atoms with Crippen LogP contribution in [0.25, 0.3) is 89.1 Å². The van der Waals surface area contributed by atoms with E-state index in [0.29, 0.717) is 17.5 Å². The molecule has 4 heteroatoms. The zero-order chi connectivity index (χ0) is 35.5. The van der Waals surface area contributed by atoms with Gasteiger partial charge in [0, 0.05) is 16.7 Å². The summed E-state index contributed by atoms with van der Waals surface area (Å²) in [5.41, 5.74) is 10.2. The van der Waals surface area contributed by atoms with Crippen molar-refractivity contribution in [3.05, 3.63) is 176 Å². The number of hydrogen-bond donors (Lipinski definition) is 0. The third-order valence-corrected chi connectivity index (χ3v) is 14.5. The fourth-order valence-electron chi connectivity index (χ4n) is 8.40. The van der Waals surface area contributed by atoms with Gasteiger partial charge in [-0.3, -0.25) is 0 Å². The van der Waals surface area contributed by atoms with Crippen molar-refractivity contribution in [2.75, 3.05) is 0 Å². The molecular formula is C49H35N3Si. The molecule has 1 aliphatic heterocycles. The lowest BCUT2D eigenvalue weighted by atomic mass is 9.94. The van der Waals surface area contributed by atoms with Crippen LogP contribution < -0.4 is 10.4 Å². The van der Waals surface area contributed by atoms with Crippen LogP contribution in [-0.4, -0.2) is 23.0 Å². The van der Waals surface area contributed by atoms with Crippen LogP contribution in [0, 0.1) is 0 Å². The van der Waals surface area contributed by atoms with Gasteiger partial charge in [0.15, 0.2) is 17.5 Å². The van der Waals surface area contributed by atoms with Gasteiger partial charge in [-0.25, -0.2) is 15.0 Å². The number of hydrogen-bond acceptors (Lipinski definition) is 3. The molecule has 9 aromatic rings. The fraction of sp³-hybridized carbons (Fsp3) is 0.0408. The van der Waals surface area contributed by atoms with Gasteiger partial charge in [-0.2, -0.15) is 0 Å². The smallest absolute Gasteiger partial charge is 0.164 e. The summed E-state index contributed by atoms with van der Waals surface area (Å²) in [6, 6.07) is 62.8. The molecule has 10 rings (SSSR count). The highest BCUT2D eigenvalue weighted by atomic mass is 28.3. The summed E-state index contributed by atoms with van der Waals surface area (Å²) in [6.07, 6.45) is 0. The average molecular weight is 694 g/mol. The summed E-state index contributed by atoms with van der Waals surface area (Å²) >= 11 is 0. The second kappa shape index (κ2) is 12.3. The molecule has 0 amide bonds. The third kappa shape index (κ3) is 5.14. The minimum Gasteiger partial charge on any atom is -0.208 e. The maximum Gasteiger partial charge on any atom is 0.164 e. The number of aromatic nitrogens is 3. The summed E-state index contributed by atoms with van der Waals surface area (Å²) in [4.78, 5) is 15.9. The highest BCUT2D eigenvalue weighted by Crippen LogP contribution is 2.38. The Morgan fingerprint density at radius 2 is 0.849 bits per heavy atom. The van der Waals surface area contributed by atoms with E-state index in [4.69, 9.17) is 15.0 Å². The van der Waals surface area contributed by atoms with Crippen molar-refractivity contribution in [2.24, 2.45) is 0 Å². The van der Waals surface area contributed by atoms with Crippen LogP contribution in [0.1, 0.15) is 0 Å². The van der Waals surface area contributed by atoms with E-state index < -0.39 is 8.07 Å². The van der Waals surface area contributed by atoms with Crippen LogP contribution in [0.5, 0.6) is 0 Å². The summed E-state index contributed by atoms with van der Waals surface area (Å²) in [5.74, 6) is 2.00. The molecule has 2 heterocycles. The largest absolute Gasteiger partial charge is 0.208 e. The molecule has 1 aromatic heterocycles. The molecule has 0 N–H and O–H groups in total. The van der Waals surface area contributed by atoms with E-state index in [1.165, 1.54) is 48.8 Å². The molecule has 3 nitrogen and oxygen atoms in total. The molecule has 0 saturated carbocycles. The molecule has 0 unspecified atom stereocenters. The Bertz CT molecular complexity index is 2860. The maximum absolute atomic E-state index is 5.32. The van der Waals surface area contributed by atoms with E-state index in [1.807, 2.05) is 0 Å². The van der Waals surface area contributed by atoms with Gasteiger partial charge >= 0.3 is 0 Å². The molecule has 0 bridgehead atoms. The minimum atomic E-state index is -2.06. The Hall–Kier alpha value is -6.49. The number of benzene rings is 8. The van der Waals surface area contributed by atoms with Crippen molar-refractivity contribution in [2.45, 2.75) is 13.1 Å². The molecule has 0 atom stereocenters. The first-order valence-corrected chi connectivity index (χ1v) is 21.2. The van der Waals surface area contributed by atoms with E-state index in [9.17, 15) is 0 Å². The predicted molar refractivity (Wildman–Crippen MR) is 224 cm³/mol. The monoisotopic (exact) mass is 693 g/mol. The lowest BCUT2D eigenvalue weighted by molar-refractivity contribution is 1.08. The lowest BCUT2D eigenvalue weighted by Gasteiger charge is -2.21. The molecule has 0 fully saturated rings. The number of rotatable bonds is 5. The van der Waals surface area contributed by atoms with Crippen LogP contribution in [0.2, 0.25) is 13.1 Å². The number of fused-ring (bicyclic) bond motifs is 6. The lowest BCUT2D eigenvalue weighted by Crippen LogP contribution is -2.49. The average Bonchev–Trinajstić information content (AvgIpc) is 3.46. The summed E-state index contributed by atoms with van der Waals surface area (Å²) < 4.78 is 0. The molecule has 53 heavy (non-hydrogen) atoms. The van der Waals surface area contributed by atoms with Gasteiger partial charge in [-0.05, 0) is 71.4 Å². The Morgan fingerprint density at radius 1 is 0.340 bits per heavy atom. The van der Waals surface area contributed by atoms with Crippen molar-refractivity contribution in [3.63, 3.8) is 0 Å². The Labute approximate surface area is 310 Å². The van der Waals surface area contributed by atoms with Gasteiger partial charge in [0.05, 0.1) is 0 Å². The van der Waals surface area contributed by atoms with E-state index in [1.54, 1.807) is 0 Å². The molecule has 0 aliphatic carbocycles. The normalized spacial score (nSPS) is 12.9. The first kappa shape index (κ1) is 31.3. The summed E-state index contributed by atoms with van der Waals surface area (Å²) in [6.45, 7) is 4.96. The van der Waals surface area contributed by atoms with E-state index >= 15 is 0 Å². The second-order valence-corrected chi connectivity index (χ2v) is 18.7. The van der Waals surface area contributed by atoms with Gasteiger partial charge in [0.1, 0.15) is 8.07 Å². The topological polar surface area (TPSA) is 38.7 Å². The van der Waals surface area contributed by atoms with E-state index in [2.05, 4.69) is 189 Å². The standard InChI is InChI=1S/C49H35N3Si/c1-53(2)45-31-35(26-27-41(45)42-28-25-34-19-9-10-21-38(34)46(42)53)47-50-48(43-24-14-11-20-36(43)32-15-5-3-6-16-32)52-49(51-47)44-30-29-37(33-17-7-4-8-18-33)39-22-12-13-23-40(39)44/h3-31H,1-2H3. The molecule has 0 spiro atoms. The first-order chi connectivity index (χ1) is 26.0. The third-order valence-electron chi connectivity index (χ3n) is 10.9. The quantitative estimate of drug-likeness (QED) is 0.168. The van der Waals surface area contributed by atoms with Crippen LogP contribution in [0.3, 0.4) is 0 Å². The Balaban J connectivity index is 1.20. The predicted octanol–water partition coefficient (Wildman–Crippen LogP) is 11.3. The fourth-order valence-corrected chi connectivity index (χ4v) is 11.9. The highest BCUT2D eigenvalue weighted by Gasteiger charge is 2.39. The zero-order valence-electron chi connectivity index (χ0n) is 29.6. The molecule has 0 saturated heterocycles. The highest BCUT2D eigenvalue weighted by molar-refractivity contribution is 7.05. The zero-order valence-corrected chi connectivity index (χ0v) is 30.6. The van der Waals surface area contributed by atoms with E-state index in [-0.39, 0.29) is 0 Å². The van der Waals surface area contributed by atoms with Crippen molar-refractivity contribution >= 4 is 40.0 Å². The van der Waals surface area contributed by atoms with E-state index in [0.717, 1.165) is 33.2 Å². The van der Waals surface area contributed by atoms with Crippen molar-refractivity contribution < 1.29 is 0 Å². The minimum absolute atomic E-state index is 0.659. The molecule has 250 valence electrons. The first-order valence-electron chi connectivity index (χ1n) is 18.2. The number of nitrogens with zero attached hydrogens (tertiary/aromatic N) is 3. The van der Waals surface area contributed by atoms with Crippen molar-refractivity contribution in [3.8, 4) is 67.5 Å². The summed E-state index contributed by atoms with van der Waals surface area (Å²) in [5, 5.41) is 7.88. The maximum atomic E-state index is 5.32. The van der Waals surface area contributed by atoms with Gasteiger partial charge in [0.25, 0.3) is 0 Å². The van der Waals surface area contributed by atoms with Gasteiger partial charge in [0.2, 0.25) is 0 Å². The van der Waals surface area contributed by atoms with Crippen LogP contribution in [-0.2, 0) is 0 Å².